The molecule has 0 amide bonds. The van der Waals surface area contributed by atoms with Gasteiger partial charge in [-0.3, -0.25) is 4.79 Å². The highest BCUT2D eigenvalue weighted by molar-refractivity contribution is 5.82. The maximum Gasteiger partial charge on any atom is 0.157 e. The second-order valence-corrected chi connectivity index (χ2v) is 8.01. The summed E-state index contributed by atoms with van der Waals surface area (Å²) in [6.07, 6.45) is 19.3. The molecule has 2 saturated heterocycles. The van der Waals surface area contributed by atoms with Crippen molar-refractivity contribution in [3.8, 4) is 0 Å². The molecule has 158 valence electrons. The average Bonchev–Trinajstić information content (AvgIpc) is 3.07. The molecule has 5 heteroatoms. The zero-order chi connectivity index (χ0) is 19.4. The molecule has 4 atom stereocenters. The maximum atomic E-state index is 11.9. The highest BCUT2D eigenvalue weighted by Crippen LogP contribution is 2.30. The summed E-state index contributed by atoms with van der Waals surface area (Å²) in [5.74, 6) is 0.503. The Morgan fingerprint density at radius 3 is 2.32 bits per heavy atom. The Balaban J connectivity index is 1.27. The average molecular weight is 393 g/mol. The van der Waals surface area contributed by atoms with E-state index in [2.05, 4.69) is 24.3 Å². The fourth-order valence-electron chi connectivity index (χ4n) is 4.02. The lowest BCUT2D eigenvalue weighted by molar-refractivity contribution is -0.191. The zero-order valence-corrected chi connectivity index (χ0v) is 17.1. The molecular weight excluding hydrogens is 356 g/mol. The first kappa shape index (κ1) is 21.7. The second kappa shape index (κ2) is 12.5. The van der Waals surface area contributed by atoms with Gasteiger partial charge < -0.3 is 18.9 Å². The van der Waals surface area contributed by atoms with Crippen LogP contribution in [-0.4, -0.2) is 44.3 Å². The van der Waals surface area contributed by atoms with E-state index in [4.69, 9.17) is 18.9 Å². The van der Waals surface area contributed by atoms with Gasteiger partial charge in [-0.05, 0) is 57.8 Å². The molecule has 0 bridgehead atoms. The van der Waals surface area contributed by atoms with Crippen LogP contribution in [0.3, 0.4) is 0 Å². The maximum absolute atomic E-state index is 11.9. The molecule has 3 rings (SSSR count). The normalized spacial score (nSPS) is 31.9. The number of carbonyl (C=O) groups excluding carboxylic acids is 1. The summed E-state index contributed by atoms with van der Waals surface area (Å²) in [4.78, 5) is 11.9. The van der Waals surface area contributed by atoms with Crippen molar-refractivity contribution in [3.05, 3.63) is 24.3 Å². The second-order valence-electron chi connectivity index (χ2n) is 8.01. The van der Waals surface area contributed by atoms with Crippen LogP contribution in [0.4, 0.5) is 0 Å². The molecule has 5 nitrogen and oxygen atoms in total. The van der Waals surface area contributed by atoms with Gasteiger partial charge in [0.1, 0.15) is 5.78 Å². The van der Waals surface area contributed by atoms with Gasteiger partial charge in [0, 0.05) is 32.0 Å². The topological polar surface area (TPSA) is 54.0 Å². The number of unbranched alkanes of at least 4 members (excludes halogenated alkanes) is 1. The van der Waals surface area contributed by atoms with E-state index in [0.717, 1.165) is 71.2 Å². The van der Waals surface area contributed by atoms with E-state index in [9.17, 15) is 4.79 Å². The predicted octanol–water partition coefficient (Wildman–Crippen LogP) is 4.70. The largest absolute Gasteiger partial charge is 0.353 e. The van der Waals surface area contributed by atoms with E-state index < -0.39 is 0 Å². The molecule has 3 aliphatic rings. The van der Waals surface area contributed by atoms with Crippen LogP contribution in [0.5, 0.6) is 0 Å². The smallest absolute Gasteiger partial charge is 0.157 e. The summed E-state index contributed by atoms with van der Waals surface area (Å²) in [6, 6.07) is 0. The molecule has 0 radical (unpaired) electrons. The summed E-state index contributed by atoms with van der Waals surface area (Å²) in [7, 11) is 0. The lowest BCUT2D eigenvalue weighted by Crippen LogP contribution is -2.29. The third-order valence-corrected chi connectivity index (χ3v) is 5.61. The van der Waals surface area contributed by atoms with Crippen LogP contribution >= 0.6 is 0 Å². The first-order chi connectivity index (χ1) is 13.8. The standard InChI is InChI=1S/C23H36O5/c24-20-17-19(21(18-20)28-23-13-7-10-16-27-23)11-5-3-1-2-4-8-14-25-22-12-6-9-15-26-22/h2,4-5,11,19,21-23H,1,3,6-10,12-18H2/b4-2-,11-5+/t19-,21+,22?,23?/m0/s1. The molecular formula is C23H36O5. The molecule has 0 aromatic carbocycles. The number of Topliss-reactive ketones (excluding diaryl/α,β-unsaturated/α-hetero) is 1. The van der Waals surface area contributed by atoms with Crippen molar-refractivity contribution in [2.24, 2.45) is 5.92 Å². The monoisotopic (exact) mass is 392 g/mol. The molecule has 28 heavy (non-hydrogen) atoms. The Kier molecular flexibility index (Phi) is 9.71. The van der Waals surface area contributed by atoms with E-state index in [1.165, 1.54) is 6.42 Å². The summed E-state index contributed by atoms with van der Waals surface area (Å²) in [5, 5.41) is 0. The van der Waals surface area contributed by atoms with E-state index >= 15 is 0 Å². The number of hydrogen-bond acceptors (Lipinski definition) is 5. The minimum atomic E-state index is -0.121. The number of hydrogen-bond donors (Lipinski definition) is 0. The summed E-state index contributed by atoms with van der Waals surface area (Å²) >= 11 is 0. The molecule has 2 heterocycles. The van der Waals surface area contributed by atoms with Gasteiger partial charge in [-0.25, -0.2) is 0 Å². The number of ether oxygens (including phenoxy) is 4. The van der Waals surface area contributed by atoms with Crippen molar-refractivity contribution in [1.82, 2.24) is 0 Å². The van der Waals surface area contributed by atoms with Crippen LogP contribution in [0.2, 0.25) is 0 Å². The van der Waals surface area contributed by atoms with Gasteiger partial charge in [0.15, 0.2) is 12.6 Å². The van der Waals surface area contributed by atoms with Crippen molar-refractivity contribution in [2.75, 3.05) is 19.8 Å². The van der Waals surface area contributed by atoms with Crippen molar-refractivity contribution < 1.29 is 23.7 Å². The Hall–Kier alpha value is -1.01. The van der Waals surface area contributed by atoms with Crippen molar-refractivity contribution >= 4 is 5.78 Å². The van der Waals surface area contributed by atoms with Crippen LogP contribution in [0, 0.1) is 5.92 Å². The number of rotatable bonds is 10. The Morgan fingerprint density at radius 1 is 0.857 bits per heavy atom. The zero-order valence-electron chi connectivity index (χ0n) is 17.1. The van der Waals surface area contributed by atoms with Crippen LogP contribution in [0.25, 0.3) is 0 Å². The van der Waals surface area contributed by atoms with Gasteiger partial charge in [0.2, 0.25) is 0 Å². The van der Waals surface area contributed by atoms with E-state index in [1.54, 1.807) is 0 Å². The number of ketones is 1. The fraction of sp³-hybridized carbons (Fsp3) is 0.783. The third kappa shape index (κ3) is 7.78. The summed E-state index contributed by atoms with van der Waals surface area (Å²) in [5.41, 5.74) is 0. The predicted molar refractivity (Wildman–Crippen MR) is 108 cm³/mol. The molecule has 2 unspecified atom stereocenters. The lowest BCUT2D eigenvalue weighted by atomic mass is 10.0. The Morgan fingerprint density at radius 2 is 1.57 bits per heavy atom. The van der Waals surface area contributed by atoms with Gasteiger partial charge in [0.05, 0.1) is 12.7 Å². The number of carbonyl (C=O) groups is 1. The molecule has 0 spiro atoms. The Labute approximate surface area is 169 Å². The lowest BCUT2D eigenvalue weighted by Gasteiger charge is -2.27. The highest BCUT2D eigenvalue weighted by atomic mass is 16.7. The molecule has 2 aliphatic heterocycles. The van der Waals surface area contributed by atoms with Crippen molar-refractivity contribution in [2.45, 2.75) is 89.3 Å². The first-order valence-corrected chi connectivity index (χ1v) is 11.1. The summed E-state index contributed by atoms with van der Waals surface area (Å²) < 4.78 is 23.0. The fourth-order valence-corrected chi connectivity index (χ4v) is 4.02. The van der Waals surface area contributed by atoms with Crippen LogP contribution in [0.1, 0.15) is 70.6 Å². The van der Waals surface area contributed by atoms with Crippen LogP contribution < -0.4 is 0 Å². The first-order valence-electron chi connectivity index (χ1n) is 11.1. The molecule has 1 aliphatic carbocycles. The molecule has 3 fully saturated rings. The third-order valence-electron chi connectivity index (χ3n) is 5.61. The minimum Gasteiger partial charge on any atom is -0.353 e. The SMILES string of the molecule is O=C1C[C@H](/C=C/CC/C=C\CCOC2CCCCO2)[C@H](OC2CCCCO2)C1. The molecule has 0 aromatic rings. The van der Waals surface area contributed by atoms with Gasteiger partial charge in [0.25, 0.3) is 0 Å². The van der Waals surface area contributed by atoms with Crippen LogP contribution in [0.15, 0.2) is 24.3 Å². The van der Waals surface area contributed by atoms with Crippen LogP contribution in [-0.2, 0) is 23.7 Å². The van der Waals surface area contributed by atoms with E-state index in [1.807, 2.05) is 0 Å². The Bertz CT molecular complexity index is 503. The van der Waals surface area contributed by atoms with E-state index in [0.29, 0.717) is 18.6 Å². The molecule has 1 saturated carbocycles. The van der Waals surface area contributed by atoms with E-state index in [-0.39, 0.29) is 24.6 Å². The minimum absolute atomic E-state index is 0.00776. The van der Waals surface area contributed by atoms with Gasteiger partial charge in [-0.15, -0.1) is 0 Å². The molecule has 0 aromatic heterocycles. The quantitative estimate of drug-likeness (QED) is 0.398. The van der Waals surface area contributed by atoms with Gasteiger partial charge in [-0.2, -0.15) is 0 Å². The van der Waals surface area contributed by atoms with Gasteiger partial charge >= 0.3 is 0 Å². The summed E-state index contributed by atoms with van der Waals surface area (Å²) in [6.45, 7) is 2.33. The molecule has 0 N–H and O–H groups in total. The van der Waals surface area contributed by atoms with Gasteiger partial charge in [-0.1, -0.05) is 24.3 Å². The highest BCUT2D eigenvalue weighted by Gasteiger charge is 2.34. The number of allylic oxidation sites excluding steroid dienone is 2. The van der Waals surface area contributed by atoms with Crippen molar-refractivity contribution in [1.29, 1.82) is 0 Å². The van der Waals surface area contributed by atoms with Crippen molar-refractivity contribution in [3.63, 3.8) is 0 Å².